The van der Waals surface area contributed by atoms with Gasteiger partial charge in [0.15, 0.2) is 0 Å². The van der Waals surface area contributed by atoms with Crippen LogP contribution in [-0.2, 0) is 11.3 Å². The summed E-state index contributed by atoms with van der Waals surface area (Å²) >= 11 is 0. The van der Waals surface area contributed by atoms with Crippen LogP contribution in [0.1, 0.15) is 16.1 Å². The number of hydrogen-bond donors (Lipinski definition) is 1. The summed E-state index contributed by atoms with van der Waals surface area (Å²) < 4.78 is 10.7. The number of rotatable bonds is 3. The van der Waals surface area contributed by atoms with Gasteiger partial charge in [-0.25, -0.2) is 9.97 Å². The third kappa shape index (κ3) is 2.79. The van der Waals surface area contributed by atoms with Gasteiger partial charge in [-0.05, 0) is 23.2 Å². The minimum absolute atomic E-state index is 0.225. The molecule has 0 atom stereocenters. The fourth-order valence-electron chi connectivity index (χ4n) is 2.09. The number of fused-ring (bicyclic) bond motifs is 1. The van der Waals surface area contributed by atoms with E-state index in [2.05, 4.69) is 9.97 Å². The first-order valence-corrected chi connectivity index (χ1v) is 6.68. The van der Waals surface area contributed by atoms with E-state index in [1.165, 1.54) is 17.3 Å². The van der Waals surface area contributed by atoms with Gasteiger partial charge in [0.25, 0.3) is 5.91 Å². The Bertz CT molecular complexity index is 706. The third-order valence-corrected chi connectivity index (χ3v) is 3.26. The average Bonchev–Trinajstić information content (AvgIpc) is 2.88. The Labute approximate surface area is 127 Å². The lowest BCUT2D eigenvalue weighted by Crippen LogP contribution is -2.27. The third-order valence-electron chi connectivity index (χ3n) is 3.26. The average molecular weight is 299 g/mol. The number of benzene rings is 1. The van der Waals surface area contributed by atoms with Crippen molar-refractivity contribution >= 4 is 18.5 Å². The van der Waals surface area contributed by atoms with Crippen LogP contribution in [0.2, 0.25) is 0 Å². The predicted molar refractivity (Wildman–Crippen MR) is 79.0 cm³/mol. The molecule has 1 amide bonds. The van der Waals surface area contributed by atoms with Crippen molar-refractivity contribution in [1.29, 1.82) is 0 Å². The van der Waals surface area contributed by atoms with Gasteiger partial charge in [0.2, 0.25) is 5.88 Å². The number of amides is 1. The Morgan fingerprint density at radius 3 is 2.86 bits per heavy atom. The fourth-order valence-corrected chi connectivity index (χ4v) is 2.09. The molecule has 2 aromatic rings. The van der Waals surface area contributed by atoms with E-state index >= 15 is 0 Å². The van der Waals surface area contributed by atoms with E-state index in [0.717, 1.165) is 5.56 Å². The van der Waals surface area contributed by atoms with E-state index < -0.39 is 7.12 Å². The first kappa shape index (κ1) is 14.5. The minimum atomic E-state index is -0.926. The second-order valence-electron chi connectivity index (χ2n) is 5.07. The van der Waals surface area contributed by atoms with Crippen molar-refractivity contribution in [2.75, 3.05) is 14.1 Å². The van der Waals surface area contributed by atoms with E-state index in [9.17, 15) is 9.82 Å². The number of carbonyl (C=O) groups is 1. The lowest BCUT2D eigenvalue weighted by Gasteiger charge is -2.10. The molecule has 8 heteroatoms. The smallest absolute Gasteiger partial charge is 0.438 e. The van der Waals surface area contributed by atoms with Crippen LogP contribution < -0.4 is 10.2 Å². The maximum Gasteiger partial charge on any atom is 0.491 e. The second kappa shape index (κ2) is 5.74. The highest BCUT2D eigenvalue weighted by Gasteiger charge is 2.27. The van der Waals surface area contributed by atoms with Crippen LogP contribution in [0.4, 0.5) is 0 Å². The molecule has 0 fully saturated rings. The fraction of sp³-hybridized carbons (Fsp3) is 0.214. The highest BCUT2D eigenvalue weighted by Crippen LogP contribution is 2.21. The molecular weight excluding hydrogens is 285 g/mol. The molecule has 1 aromatic heterocycles. The molecule has 0 bridgehead atoms. The van der Waals surface area contributed by atoms with Crippen LogP contribution in [-0.4, -0.2) is 47.0 Å². The number of hydrogen-bond acceptors (Lipinski definition) is 6. The Kier molecular flexibility index (Phi) is 3.78. The molecule has 2 heterocycles. The van der Waals surface area contributed by atoms with Crippen molar-refractivity contribution in [1.82, 2.24) is 14.9 Å². The first-order valence-electron chi connectivity index (χ1n) is 6.68. The van der Waals surface area contributed by atoms with E-state index in [0.29, 0.717) is 17.8 Å². The maximum atomic E-state index is 11.7. The van der Waals surface area contributed by atoms with E-state index in [1.54, 1.807) is 26.2 Å². The van der Waals surface area contributed by atoms with Crippen molar-refractivity contribution < 1.29 is 19.2 Å². The zero-order valence-corrected chi connectivity index (χ0v) is 12.2. The Morgan fingerprint density at radius 1 is 1.36 bits per heavy atom. The summed E-state index contributed by atoms with van der Waals surface area (Å²) in [5.41, 5.74) is 1.86. The topological polar surface area (TPSA) is 84.8 Å². The summed E-state index contributed by atoms with van der Waals surface area (Å²) in [5, 5.41) is 9.67. The first-order chi connectivity index (χ1) is 10.5. The molecule has 1 aliphatic heterocycles. The standard InChI is InChI=1S/C14H14BN3O4/c1-18(2)14(19)12-6-17-13(7-16-12)22-10-4-3-9-8-21-15(20)11(9)5-10/h3-7,20H,8H2,1-2H3. The molecule has 3 rings (SSSR count). The minimum Gasteiger partial charge on any atom is -0.438 e. The highest BCUT2D eigenvalue weighted by molar-refractivity contribution is 6.61. The Hall–Kier alpha value is -2.45. The van der Waals surface area contributed by atoms with Crippen LogP contribution in [0.15, 0.2) is 30.6 Å². The molecule has 7 nitrogen and oxygen atoms in total. The van der Waals surface area contributed by atoms with E-state index in [-0.39, 0.29) is 17.5 Å². The van der Waals surface area contributed by atoms with Crippen molar-refractivity contribution in [3.05, 3.63) is 41.9 Å². The van der Waals surface area contributed by atoms with Crippen molar-refractivity contribution in [2.24, 2.45) is 0 Å². The summed E-state index contributed by atoms with van der Waals surface area (Å²) in [6.45, 7) is 0.387. The van der Waals surface area contributed by atoms with Gasteiger partial charge in [-0.1, -0.05) is 6.07 Å². The van der Waals surface area contributed by atoms with Crippen LogP contribution in [0, 0.1) is 0 Å². The molecule has 1 aliphatic rings. The predicted octanol–water partition coefficient (Wildman–Crippen LogP) is 0.188. The van der Waals surface area contributed by atoms with Gasteiger partial charge in [-0.2, -0.15) is 0 Å². The molecule has 112 valence electrons. The van der Waals surface area contributed by atoms with Crippen molar-refractivity contribution in [2.45, 2.75) is 6.61 Å². The van der Waals surface area contributed by atoms with Crippen molar-refractivity contribution in [3.8, 4) is 11.6 Å². The van der Waals surface area contributed by atoms with Crippen molar-refractivity contribution in [3.63, 3.8) is 0 Å². The van der Waals surface area contributed by atoms with Gasteiger partial charge < -0.3 is 19.3 Å². The lowest BCUT2D eigenvalue weighted by molar-refractivity contribution is 0.0821. The summed E-state index contributed by atoms with van der Waals surface area (Å²) in [7, 11) is 2.36. The molecule has 0 spiro atoms. The van der Waals surface area contributed by atoms with Gasteiger partial charge in [0, 0.05) is 14.1 Å². The molecule has 0 saturated heterocycles. The van der Waals surface area contributed by atoms with Gasteiger partial charge in [-0.15, -0.1) is 0 Å². The summed E-state index contributed by atoms with van der Waals surface area (Å²) in [4.78, 5) is 21.2. The molecule has 0 unspecified atom stereocenters. The zero-order chi connectivity index (χ0) is 15.7. The monoisotopic (exact) mass is 299 g/mol. The molecule has 1 aromatic carbocycles. The van der Waals surface area contributed by atoms with Gasteiger partial charge in [-0.3, -0.25) is 4.79 Å². The van der Waals surface area contributed by atoms with Gasteiger partial charge in [0.1, 0.15) is 11.4 Å². The molecule has 0 saturated carbocycles. The largest absolute Gasteiger partial charge is 0.491 e. The van der Waals surface area contributed by atoms with Crippen LogP contribution >= 0.6 is 0 Å². The van der Waals surface area contributed by atoms with Gasteiger partial charge >= 0.3 is 7.12 Å². The van der Waals surface area contributed by atoms with E-state index in [4.69, 9.17) is 9.39 Å². The number of carbonyl (C=O) groups excluding carboxylic acids is 1. The quantitative estimate of drug-likeness (QED) is 0.814. The number of nitrogens with zero attached hydrogens (tertiary/aromatic N) is 3. The molecule has 0 aliphatic carbocycles. The Balaban J connectivity index is 1.76. The van der Waals surface area contributed by atoms with Gasteiger partial charge in [0.05, 0.1) is 19.0 Å². The summed E-state index contributed by atoms with van der Waals surface area (Å²) in [6.07, 6.45) is 2.75. The summed E-state index contributed by atoms with van der Waals surface area (Å²) in [5.74, 6) is 0.560. The van der Waals surface area contributed by atoms with Crippen LogP contribution in [0.5, 0.6) is 11.6 Å². The molecule has 0 radical (unpaired) electrons. The molecular formula is C14H14BN3O4. The summed E-state index contributed by atoms with van der Waals surface area (Å²) in [6, 6.07) is 5.30. The van der Waals surface area contributed by atoms with Crippen LogP contribution in [0.25, 0.3) is 0 Å². The normalized spacial score (nSPS) is 13.0. The lowest BCUT2D eigenvalue weighted by atomic mass is 9.79. The number of aromatic nitrogens is 2. The molecule has 22 heavy (non-hydrogen) atoms. The van der Waals surface area contributed by atoms with Crippen LogP contribution in [0.3, 0.4) is 0 Å². The SMILES string of the molecule is CN(C)C(=O)c1cnc(Oc2ccc3c(c2)B(O)OC3)cn1. The zero-order valence-electron chi connectivity index (χ0n) is 12.2. The number of ether oxygens (including phenoxy) is 1. The van der Waals surface area contributed by atoms with E-state index in [1.807, 2.05) is 6.07 Å². The second-order valence-corrected chi connectivity index (χ2v) is 5.07. The Morgan fingerprint density at radius 2 is 2.18 bits per heavy atom. The maximum absolute atomic E-state index is 11.7. The highest BCUT2D eigenvalue weighted by atomic mass is 16.5. The molecule has 1 N–H and O–H groups in total.